The number of halogens is 2. The molecule has 1 aromatic heterocycles. The molecule has 3 rings (SSSR count). The zero-order valence-electron chi connectivity index (χ0n) is 11.1. The predicted octanol–water partition coefficient (Wildman–Crippen LogP) is 4.37. The number of benzene rings is 1. The van der Waals surface area contributed by atoms with Crippen molar-refractivity contribution in [1.82, 2.24) is 9.97 Å². The molecule has 0 bridgehead atoms. The minimum absolute atomic E-state index is 0.353. The lowest BCUT2D eigenvalue weighted by molar-refractivity contribution is 0.386. The molecule has 1 aliphatic carbocycles. The number of imidazole rings is 1. The van der Waals surface area contributed by atoms with Gasteiger partial charge in [-0.15, -0.1) is 0 Å². The molecule has 0 radical (unpaired) electrons. The van der Waals surface area contributed by atoms with Crippen LogP contribution in [-0.2, 0) is 0 Å². The van der Waals surface area contributed by atoms with E-state index in [0.717, 1.165) is 42.8 Å². The van der Waals surface area contributed by atoms with Gasteiger partial charge in [-0.1, -0.05) is 23.2 Å². The third-order valence-electron chi connectivity index (χ3n) is 3.98. The largest absolute Gasteiger partial charge is 0.342 e. The van der Waals surface area contributed by atoms with Gasteiger partial charge in [0.15, 0.2) is 0 Å². The molecule has 1 heterocycles. The van der Waals surface area contributed by atoms with Gasteiger partial charge in [0.25, 0.3) is 0 Å². The van der Waals surface area contributed by atoms with Crippen LogP contribution in [0.3, 0.4) is 0 Å². The molecule has 2 aromatic rings. The molecule has 0 amide bonds. The highest BCUT2D eigenvalue weighted by Gasteiger charge is 2.22. The van der Waals surface area contributed by atoms with E-state index in [1.54, 1.807) is 6.07 Å². The SMILES string of the molecule is NC1CCC(c2ncc(-c3ccc(Cl)cc3Cl)[nH]2)CC1. The van der Waals surface area contributed by atoms with Gasteiger partial charge in [-0.2, -0.15) is 0 Å². The summed E-state index contributed by atoms with van der Waals surface area (Å²) < 4.78 is 0. The molecule has 1 saturated carbocycles. The van der Waals surface area contributed by atoms with Crippen LogP contribution in [0, 0.1) is 0 Å². The molecular formula is C15H17Cl2N3. The molecule has 1 fully saturated rings. The Morgan fingerprint density at radius 3 is 2.60 bits per heavy atom. The van der Waals surface area contributed by atoms with E-state index in [1.807, 2.05) is 18.3 Å². The summed E-state index contributed by atoms with van der Waals surface area (Å²) in [6, 6.07) is 5.85. The van der Waals surface area contributed by atoms with Crippen molar-refractivity contribution in [2.75, 3.05) is 0 Å². The van der Waals surface area contributed by atoms with Crippen LogP contribution in [0.2, 0.25) is 10.0 Å². The number of hydrogen-bond acceptors (Lipinski definition) is 2. The zero-order chi connectivity index (χ0) is 14.1. The molecular weight excluding hydrogens is 293 g/mol. The first kappa shape index (κ1) is 13.9. The number of rotatable bonds is 2. The van der Waals surface area contributed by atoms with E-state index in [-0.39, 0.29) is 0 Å². The molecule has 1 aromatic carbocycles. The maximum atomic E-state index is 6.23. The van der Waals surface area contributed by atoms with E-state index in [1.165, 1.54) is 0 Å². The summed E-state index contributed by atoms with van der Waals surface area (Å²) in [5.41, 5.74) is 7.82. The van der Waals surface area contributed by atoms with Gasteiger partial charge in [0.2, 0.25) is 0 Å². The molecule has 3 nitrogen and oxygen atoms in total. The molecule has 0 spiro atoms. The van der Waals surface area contributed by atoms with Crippen molar-refractivity contribution in [3.05, 3.63) is 40.3 Å². The van der Waals surface area contributed by atoms with Crippen molar-refractivity contribution in [2.24, 2.45) is 5.73 Å². The van der Waals surface area contributed by atoms with Crippen molar-refractivity contribution in [2.45, 2.75) is 37.6 Å². The van der Waals surface area contributed by atoms with Crippen LogP contribution in [0.4, 0.5) is 0 Å². The van der Waals surface area contributed by atoms with E-state index in [2.05, 4.69) is 9.97 Å². The summed E-state index contributed by atoms with van der Waals surface area (Å²) in [7, 11) is 0. The normalized spacial score (nSPS) is 22.9. The first-order valence-electron chi connectivity index (χ1n) is 6.89. The van der Waals surface area contributed by atoms with Gasteiger partial charge in [0.05, 0.1) is 16.9 Å². The standard InChI is InChI=1S/C15H17Cl2N3/c16-10-3-6-12(13(17)7-10)14-8-19-15(20-14)9-1-4-11(18)5-2-9/h3,6-9,11H,1-2,4-5,18H2,(H,19,20). The third kappa shape index (κ3) is 2.85. The minimum Gasteiger partial charge on any atom is -0.342 e. The Kier molecular flexibility index (Phi) is 4.01. The first-order chi connectivity index (χ1) is 9.63. The Morgan fingerprint density at radius 2 is 1.90 bits per heavy atom. The number of nitrogens with zero attached hydrogens (tertiary/aromatic N) is 1. The van der Waals surface area contributed by atoms with Crippen LogP contribution in [-0.4, -0.2) is 16.0 Å². The number of hydrogen-bond donors (Lipinski definition) is 2. The highest BCUT2D eigenvalue weighted by molar-refractivity contribution is 6.36. The maximum Gasteiger partial charge on any atom is 0.109 e. The number of nitrogens with two attached hydrogens (primary N) is 1. The quantitative estimate of drug-likeness (QED) is 0.865. The minimum atomic E-state index is 0.353. The fourth-order valence-corrected chi connectivity index (χ4v) is 3.29. The van der Waals surface area contributed by atoms with Gasteiger partial charge in [-0.05, 0) is 43.9 Å². The predicted molar refractivity (Wildman–Crippen MR) is 83.2 cm³/mol. The third-order valence-corrected chi connectivity index (χ3v) is 4.52. The average molecular weight is 310 g/mol. The van der Waals surface area contributed by atoms with Crippen LogP contribution < -0.4 is 5.73 Å². The number of H-pyrrole nitrogens is 1. The Balaban J connectivity index is 1.83. The van der Waals surface area contributed by atoms with E-state index in [0.29, 0.717) is 22.0 Å². The Bertz CT molecular complexity index is 601. The fourth-order valence-electron chi connectivity index (χ4n) is 2.78. The van der Waals surface area contributed by atoms with Gasteiger partial charge in [-0.25, -0.2) is 4.98 Å². The molecule has 0 atom stereocenters. The molecule has 0 saturated heterocycles. The highest BCUT2D eigenvalue weighted by atomic mass is 35.5. The lowest BCUT2D eigenvalue weighted by Gasteiger charge is -2.24. The van der Waals surface area contributed by atoms with Crippen molar-refractivity contribution in [3.63, 3.8) is 0 Å². The van der Waals surface area contributed by atoms with Crippen molar-refractivity contribution in [3.8, 4) is 11.3 Å². The second-order valence-corrected chi connectivity index (χ2v) is 6.26. The number of aromatic amines is 1. The van der Waals surface area contributed by atoms with Gasteiger partial charge in [-0.3, -0.25) is 0 Å². The molecule has 1 aliphatic rings. The monoisotopic (exact) mass is 309 g/mol. The molecule has 106 valence electrons. The molecule has 5 heteroatoms. The van der Waals surface area contributed by atoms with Crippen molar-refractivity contribution in [1.29, 1.82) is 0 Å². The van der Waals surface area contributed by atoms with Crippen LogP contribution in [0.5, 0.6) is 0 Å². The summed E-state index contributed by atoms with van der Waals surface area (Å²) >= 11 is 12.2. The Hall–Kier alpha value is -1.03. The number of nitrogens with one attached hydrogen (secondary N) is 1. The van der Waals surface area contributed by atoms with Crippen LogP contribution in [0.25, 0.3) is 11.3 Å². The van der Waals surface area contributed by atoms with Crippen LogP contribution in [0.15, 0.2) is 24.4 Å². The first-order valence-corrected chi connectivity index (χ1v) is 7.65. The summed E-state index contributed by atoms with van der Waals surface area (Å²) in [5.74, 6) is 1.52. The summed E-state index contributed by atoms with van der Waals surface area (Å²) in [5, 5.41) is 1.28. The van der Waals surface area contributed by atoms with Gasteiger partial charge >= 0.3 is 0 Å². The van der Waals surface area contributed by atoms with Gasteiger partial charge < -0.3 is 10.7 Å². The van der Waals surface area contributed by atoms with Gasteiger partial charge in [0, 0.05) is 22.5 Å². The van der Waals surface area contributed by atoms with Gasteiger partial charge in [0.1, 0.15) is 5.82 Å². The van der Waals surface area contributed by atoms with Crippen molar-refractivity contribution < 1.29 is 0 Å². The molecule has 20 heavy (non-hydrogen) atoms. The van der Waals surface area contributed by atoms with E-state index < -0.39 is 0 Å². The fraction of sp³-hybridized carbons (Fsp3) is 0.400. The van der Waals surface area contributed by atoms with E-state index >= 15 is 0 Å². The lowest BCUT2D eigenvalue weighted by atomic mass is 9.86. The summed E-state index contributed by atoms with van der Waals surface area (Å²) in [6.07, 6.45) is 6.19. The molecule has 0 aliphatic heterocycles. The summed E-state index contributed by atoms with van der Waals surface area (Å²) in [4.78, 5) is 7.91. The zero-order valence-corrected chi connectivity index (χ0v) is 12.6. The second-order valence-electron chi connectivity index (χ2n) is 5.42. The number of aromatic nitrogens is 2. The molecule has 0 unspecified atom stereocenters. The lowest BCUT2D eigenvalue weighted by Crippen LogP contribution is -2.26. The summed E-state index contributed by atoms with van der Waals surface area (Å²) in [6.45, 7) is 0. The second kappa shape index (κ2) is 5.76. The Morgan fingerprint density at radius 1 is 1.15 bits per heavy atom. The van der Waals surface area contributed by atoms with E-state index in [4.69, 9.17) is 28.9 Å². The van der Waals surface area contributed by atoms with Crippen molar-refractivity contribution >= 4 is 23.2 Å². The maximum absolute atomic E-state index is 6.23. The Labute approximate surface area is 128 Å². The topological polar surface area (TPSA) is 54.7 Å². The van der Waals surface area contributed by atoms with E-state index in [9.17, 15) is 0 Å². The van der Waals surface area contributed by atoms with Crippen LogP contribution >= 0.6 is 23.2 Å². The highest BCUT2D eigenvalue weighted by Crippen LogP contribution is 2.33. The molecule has 3 N–H and O–H groups in total. The smallest absolute Gasteiger partial charge is 0.109 e. The van der Waals surface area contributed by atoms with Crippen LogP contribution in [0.1, 0.15) is 37.4 Å². The average Bonchev–Trinajstić information content (AvgIpc) is 2.89.